The molecule has 0 unspecified atom stereocenters. The summed E-state index contributed by atoms with van der Waals surface area (Å²) >= 11 is 0. The van der Waals surface area contributed by atoms with Gasteiger partial charge >= 0.3 is 0 Å². The summed E-state index contributed by atoms with van der Waals surface area (Å²) in [5, 5.41) is 0. The first-order chi connectivity index (χ1) is 10.7. The average Bonchev–Trinajstić information content (AvgIpc) is 2.59. The number of nitrogens with zero attached hydrogens (tertiary/aromatic N) is 2. The predicted octanol–water partition coefficient (Wildman–Crippen LogP) is 4.41. The zero-order chi connectivity index (χ0) is 15.8. The molecule has 0 aromatic carbocycles. The van der Waals surface area contributed by atoms with Crippen LogP contribution in [0.25, 0.3) is 0 Å². The molecule has 0 N–H and O–H groups in total. The van der Waals surface area contributed by atoms with Crippen molar-refractivity contribution in [1.82, 2.24) is 9.80 Å². The van der Waals surface area contributed by atoms with E-state index in [4.69, 9.17) is 0 Å². The zero-order valence-electron chi connectivity index (χ0n) is 14.7. The molecule has 0 amide bonds. The van der Waals surface area contributed by atoms with Gasteiger partial charge in [0, 0.05) is 12.6 Å². The maximum absolute atomic E-state index is 3.82. The van der Waals surface area contributed by atoms with Crippen molar-refractivity contribution in [2.45, 2.75) is 58.4 Å². The molecule has 0 spiro atoms. The van der Waals surface area contributed by atoms with E-state index in [0.717, 1.165) is 19.0 Å². The van der Waals surface area contributed by atoms with Gasteiger partial charge in [-0.25, -0.2) is 0 Å². The number of hydrogen-bond donors (Lipinski definition) is 0. The van der Waals surface area contributed by atoms with Crippen LogP contribution in [0.2, 0.25) is 0 Å². The molecule has 2 heterocycles. The van der Waals surface area contributed by atoms with Gasteiger partial charge < -0.3 is 4.90 Å². The minimum Gasteiger partial charge on any atom is -0.300 e. The van der Waals surface area contributed by atoms with Crippen molar-refractivity contribution < 1.29 is 0 Å². The third-order valence-corrected chi connectivity index (χ3v) is 5.25. The summed E-state index contributed by atoms with van der Waals surface area (Å²) in [7, 11) is 0. The second kappa shape index (κ2) is 9.32. The minimum absolute atomic E-state index is 0.855. The van der Waals surface area contributed by atoms with E-state index in [9.17, 15) is 0 Å². The first-order valence-electron chi connectivity index (χ1n) is 9.18. The molecule has 0 aromatic heterocycles. The van der Waals surface area contributed by atoms with Gasteiger partial charge in [-0.3, -0.25) is 4.90 Å². The SMILES string of the molecule is C=C/C(C)=C\C=C(/CC)CN1CCC(N2CCCCC2)CC1. The lowest BCUT2D eigenvalue weighted by molar-refractivity contribution is 0.0962. The van der Waals surface area contributed by atoms with Crippen LogP contribution in [0, 0.1) is 0 Å². The molecule has 2 aliphatic heterocycles. The Bertz CT molecular complexity index is 394. The van der Waals surface area contributed by atoms with Crippen molar-refractivity contribution in [3.63, 3.8) is 0 Å². The standard InChI is InChI=1S/C20H34N2/c1-4-18(3)9-10-19(5-2)17-21-15-11-20(12-16-21)22-13-7-6-8-14-22/h4,9-10,20H,1,5-8,11-17H2,2-3H3/b18-9-,19-10+. The van der Waals surface area contributed by atoms with E-state index in [-0.39, 0.29) is 0 Å². The third-order valence-electron chi connectivity index (χ3n) is 5.25. The molecule has 2 rings (SSSR count). The summed E-state index contributed by atoms with van der Waals surface area (Å²) in [6.07, 6.45) is 14.6. The van der Waals surface area contributed by atoms with Crippen LogP contribution in [0.3, 0.4) is 0 Å². The first-order valence-corrected chi connectivity index (χ1v) is 9.18. The highest BCUT2D eigenvalue weighted by Crippen LogP contribution is 2.21. The fraction of sp³-hybridized carbons (Fsp3) is 0.700. The van der Waals surface area contributed by atoms with Crippen LogP contribution < -0.4 is 0 Å². The molecule has 0 bridgehead atoms. The Kier molecular flexibility index (Phi) is 7.41. The average molecular weight is 303 g/mol. The van der Waals surface area contributed by atoms with Crippen molar-refractivity contribution >= 4 is 0 Å². The summed E-state index contributed by atoms with van der Waals surface area (Å²) in [6.45, 7) is 14.6. The summed E-state index contributed by atoms with van der Waals surface area (Å²) in [5.41, 5.74) is 2.78. The van der Waals surface area contributed by atoms with Crippen LogP contribution in [0.1, 0.15) is 52.4 Å². The van der Waals surface area contributed by atoms with E-state index in [1.165, 1.54) is 69.4 Å². The van der Waals surface area contributed by atoms with Crippen molar-refractivity contribution in [3.05, 3.63) is 36.0 Å². The van der Waals surface area contributed by atoms with Gasteiger partial charge in [-0.05, 0) is 65.2 Å². The Morgan fingerprint density at radius 1 is 1.05 bits per heavy atom. The summed E-state index contributed by atoms with van der Waals surface area (Å²) in [6, 6.07) is 0.855. The molecule has 0 aliphatic carbocycles. The number of hydrogen-bond acceptors (Lipinski definition) is 2. The van der Waals surface area contributed by atoms with Crippen LogP contribution in [0.4, 0.5) is 0 Å². The van der Waals surface area contributed by atoms with Crippen LogP contribution in [0.15, 0.2) is 36.0 Å². The van der Waals surface area contributed by atoms with Gasteiger partial charge in [-0.15, -0.1) is 0 Å². The second-order valence-electron chi connectivity index (χ2n) is 6.90. The predicted molar refractivity (Wildman–Crippen MR) is 97.2 cm³/mol. The lowest BCUT2D eigenvalue weighted by Gasteiger charge is -2.40. The number of allylic oxidation sites excluding steroid dienone is 4. The largest absolute Gasteiger partial charge is 0.300 e. The molecule has 0 radical (unpaired) electrons. The Balaban J connectivity index is 1.79. The van der Waals surface area contributed by atoms with Crippen molar-refractivity contribution in [3.8, 4) is 0 Å². The van der Waals surface area contributed by atoms with Gasteiger partial charge in [0.1, 0.15) is 0 Å². The van der Waals surface area contributed by atoms with Crippen molar-refractivity contribution in [2.75, 3.05) is 32.7 Å². The Morgan fingerprint density at radius 3 is 2.32 bits per heavy atom. The van der Waals surface area contributed by atoms with E-state index >= 15 is 0 Å². The smallest absolute Gasteiger partial charge is 0.0195 e. The maximum Gasteiger partial charge on any atom is 0.0195 e. The van der Waals surface area contributed by atoms with Crippen molar-refractivity contribution in [2.24, 2.45) is 0 Å². The molecule has 2 nitrogen and oxygen atoms in total. The molecule has 2 aliphatic rings. The fourth-order valence-corrected chi connectivity index (χ4v) is 3.61. The highest BCUT2D eigenvalue weighted by atomic mass is 15.2. The van der Waals surface area contributed by atoms with Gasteiger partial charge in [0.2, 0.25) is 0 Å². The van der Waals surface area contributed by atoms with Crippen molar-refractivity contribution in [1.29, 1.82) is 0 Å². The topological polar surface area (TPSA) is 6.48 Å². The molecule has 0 atom stereocenters. The number of likely N-dealkylation sites (tertiary alicyclic amines) is 2. The lowest BCUT2D eigenvalue weighted by Crippen LogP contribution is -2.47. The van der Waals surface area contributed by atoms with Gasteiger partial charge in [0.25, 0.3) is 0 Å². The van der Waals surface area contributed by atoms with E-state index in [0.29, 0.717) is 0 Å². The summed E-state index contributed by atoms with van der Waals surface area (Å²) in [4.78, 5) is 5.40. The maximum atomic E-state index is 3.82. The molecule has 0 saturated carbocycles. The molecular formula is C20H34N2. The van der Waals surface area contributed by atoms with Crippen LogP contribution >= 0.6 is 0 Å². The first kappa shape index (κ1) is 17.5. The third kappa shape index (κ3) is 5.40. The van der Waals surface area contributed by atoms with Gasteiger partial charge in [-0.2, -0.15) is 0 Å². The fourth-order valence-electron chi connectivity index (χ4n) is 3.61. The quantitative estimate of drug-likeness (QED) is 0.671. The van der Waals surface area contributed by atoms with Crippen LogP contribution in [0.5, 0.6) is 0 Å². The Hall–Kier alpha value is -0.860. The summed E-state index contributed by atoms with van der Waals surface area (Å²) < 4.78 is 0. The highest BCUT2D eigenvalue weighted by molar-refractivity contribution is 5.23. The zero-order valence-corrected chi connectivity index (χ0v) is 14.7. The Morgan fingerprint density at radius 2 is 1.73 bits per heavy atom. The van der Waals surface area contributed by atoms with Crippen LogP contribution in [-0.2, 0) is 0 Å². The number of rotatable bonds is 6. The normalized spacial score (nSPS) is 23.7. The van der Waals surface area contributed by atoms with Gasteiger partial charge in [0.05, 0.1) is 0 Å². The van der Waals surface area contributed by atoms with E-state index in [1.807, 2.05) is 6.08 Å². The van der Waals surface area contributed by atoms with Crippen LogP contribution in [-0.4, -0.2) is 48.6 Å². The highest BCUT2D eigenvalue weighted by Gasteiger charge is 2.25. The van der Waals surface area contributed by atoms with E-state index in [2.05, 4.69) is 42.4 Å². The lowest BCUT2D eigenvalue weighted by atomic mass is 9.99. The molecule has 2 saturated heterocycles. The molecule has 2 heteroatoms. The van der Waals surface area contributed by atoms with E-state index in [1.54, 1.807) is 0 Å². The van der Waals surface area contributed by atoms with E-state index < -0.39 is 0 Å². The minimum atomic E-state index is 0.855. The van der Waals surface area contributed by atoms with Gasteiger partial charge in [0.15, 0.2) is 0 Å². The number of piperidine rings is 2. The molecule has 2 fully saturated rings. The summed E-state index contributed by atoms with van der Waals surface area (Å²) in [5.74, 6) is 0. The molecule has 22 heavy (non-hydrogen) atoms. The van der Waals surface area contributed by atoms with Gasteiger partial charge in [-0.1, -0.05) is 49.3 Å². The molecule has 0 aromatic rings. The monoisotopic (exact) mass is 302 g/mol. The Labute approximate surface area is 137 Å². The molecular weight excluding hydrogens is 268 g/mol. The molecule has 124 valence electrons. The second-order valence-corrected chi connectivity index (χ2v) is 6.90.